The summed E-state index contributed by atoms with van der Waals surface area (Å²) in [5.41, 5.74) is 1.69. The molecular weight excluding hydrogens is 338 g/mol. The van der Waals surface area contributed by atoms with E-state index in [1.54, 1.807) is 12.4 Å². The normalized spacial score (nSPS) is 19.6. The molecular formula is C22H21N3O2. The molecule has 2 aliphatic rings. The number of carbonyl (C=O) groups excluding carboxylic acids is 1. The molecule has 0 saturated heterocycles. The number of rotatable bonds is 2. The van der Waals surface area contributed by atoms with Crippen molar-refractivity contribution in [2.75, 3.05) is 5.32 Å². The summed E-state index contributed by atoms with van der Waals surface area (Å²) in [7, 11) is 0. The first-order valence-electron chi connectivity index (χ1n) is 9.41. The van der Waals surface area contributed by atoms with Gasteiger partial charge in [-0.3, -0.25) is 4.98 Å². The third-order valence-corrected chi connectivity index (χ3v) is 5.70. The minimum atomic E-state index is -0.206. The zero-order valence-corrected chi connectivity index (χ0v) is 14.9. The first-order valence-corrected chi connectivity index (χ1v) is 9.41. The molecule has 5 heteroatoms. The van der Waals surface area contributed by atoms with Crippen LogP contribution < -0.4 is 15.4 Å². The molecule has 2 N–H and O–H groups in total. The van der Waals surface area contributed by atoms with Crippen molar-refractivity contribution in [3.63, 3.8) is 0 Å². The fraction of sp³-hybridized carbons (Fsp3) is 0.273. The first-order chi connectivity index (χ1) is 13.2. The molecule has 1 saturated carbocycles. The van der Waals surface area contributed by atoms with Gasteiger partial charge in [0.25, 0.3) is 0 Å². The van der Waals surface area contributed by atoms with Crippen LogP contribution in [0.25, 0.3) is 10.8 Å². The molecule has 136 valence electrons. The van der Waals surface area contributed by atoms with Crippen LogP contribution in [0.3, 0.4) is 0 Å². The van der Waals surface area contributed by atoms with Crippen LogP contribution in [-0.2, 0) is 0 Å². The lowest BCUT2D eigenvalue weighted by Crippen LogP contribution is -2.50. The van der Waals surface area contributed by atoms with Crippen molar-refractivity contribution in [2.45, 2.75) is 37.3 Å². The number of hydrogen-bond acceptors (Lipinski definition) is 3. The Kier molecular flexibility index (Phi) is 3.74. The van der Waals surface area contributed by atoms with Gasteiger partial charge in [0.2, 0.25) is 0 Å². The Bertz CT molecular complexity index is 1010. The molecule has 1 unspecified atom stereocenters. The fourth-order valence-corrected chi connectivity index (χ4v) is 4.16. The van der Waals surface area contributed by atoms with Gasteiger partial charge in [0.05, 0.1) is 11.7 Å². The summed E-state index contributed by atoms with van der Waals surface area (Å²) in [5.74, 6) is 0.892. The number of aromatic nitrogens is 1. The average molecular weight is 359 g/mol. The summed E-state index contributed by atoms with van der Waals surface area (Å²) >= 11 is 0. The van der Waals surface area contributed by atoms with Crippen LogP contribution in [0.15, 0.2) is 60.9 Å². The van der Waals surface area contributed by atoms with E-state index >= 15 is 0 Å². The van der Waals surface area contributed by atoms with Crippen molar-refractivity contribution in [1.82, 2.24) is 10.3 Å². The van der Waals surface area contributed by atoms with E-state index in [1.165, 1.54) is 6.42 Å². The van der Waals surface area contributed by atoms with Gasteiger partial charge in [-0.1, -0.05) is 30.3 Å². The Balaban J connectivity index is 1.39. The number of urea groups is 1. The Hall–Kier alpha value is -3.08. The Morgan fingerprint density at radius 2 is 2.00 bits per heavy atom. The molecule has 1 atom stereocenters. The van der Waals surface area contributed by atoms with Crippen LogP contribution in [0.1, 0.15) is 37.3 Å². The lowest BCUT2D eigenvalue weighted by Gasteiger charge is -2.48. The van der Waals surface area contributed by atoms with Crippen LogP contribution >= 0.6 is 0 Å². The maximum Gasteiger partial charge on any atom is 0.319 e. The van der Waals surface area contributed by atoms with Gasteiger partial charge >= 0.3 is 6.03 Å². The van der Waals surface area contributed by atoms with Gasteiger partial charge in [-0.25, -0.2) is 4.79 Å². The second-order valence-corrected chi connectivity index (χ2v) is 7.43. The van der Waals surface area contributed by atoms with Crippen molar-refractivity contribution in [3.05, 3.63) is 66.5 Å². The first kappa shape index (κ1) is 16.1. The van der Waals surface area contributed by atoms with Crippen LogP contribution in [0.5, 0.6) is 5.75 Å². The Labute approximate surface area is 157 Å². The van der Waals surface area contributed by atoms with E-state index in [4.69, 9.17) is 4.74 Å². The number of amides is 2. The number of nitrogens with zero attached hydrogens (tertiary/aromatic N) is 1. The van der Waals surface area contributed by atoms with Gasteiger partial charge in [-0.2, -0.15) is 0 Å². The van der Waals surface area contributed by atoms with E-state index in [0.717, 1.165) is 47.0 Å². The molecule has 3 aromatic rings. The van der Waals surface area contributed by atoms with Crippen molar-refractivity contribution < 1.29 is 9.53 Å². The summed E-state index contributed by atoms with van der Waals surface area (Å²) in [5, 5.41) is 8.13. The van der Waals surface area contributed by atoms with E-state index in [-0.39, 0.29) is 17.7 Å². The average Bonchev–Trinajstić information content (AvgIpc) is 2.67. The molecule has 2 aromatic carbocycles. The van der Waals surface area contributed by atoms with Crippen LogP contribution in [0.4, 0.5) is 10.5 Å². The molecule has 5 rings (SSSR count). The maximum atomic E-state index is 12.8. The number of carbonyl (C=O) groups is 1. The molecule has 2 heterocycles. The fourth-order valence-electron chi connectivity index (χ4n) is 4.16. The van der Waals surface area contributed by atoms with E-state index in [1.807, 2.05) is 48.5 Å². The second-order valence-electron chi connectivity index (χ2n) is 7.43. The molecule has 27 heavy (non-hydrogen) atoms. The van der Waals surface area contributed by atoms with Crippen LogP contribution in [-0.4, -0.2) is 16.6 Å². The zero-order valence-electron chi connectivity index (χ0n) is 14.9. The Morgan fingerprint density at radius 1 is 1.11 bits per heavy atom. The van der Waals surface area contributed by atoms with Gasteiger partial charge in [-0.05, 0) is 42.8 Å². The zero-order chi connectivity index (χ0) is 18.3. The number of ether oxygens (including phenoxy) is 1. The third-order valence-electron chi connectivity index (χ3n) is 5.70. The van der Waals surface area contributed by atoms with Crippen molar-refractivity contribution in [1.29, 1.82) is 0 Å². The quantitative estimate of drug-likeness (QED) is 0.691. The summed E-state index contributed by atoms with van der Waals surface area (Å²) in [6, 6.07) is 15.5. The predicted molar refractivity (Wildman–Crippen MR) is 105 cm³/mol. The smallest absolute Gasteiger partial charge is 0.319 e. The van der Waals surface area contributed by atoms with Gasteiger partial charge < -0.3 is 15.4 Å². The van der Waals surface area contributed by atoms with E-state index in [9.17, 15) is 4.79 Å². The highest BCUT2D eigenvalue weighted by Gasteiger charge is 2.45. The molecule has 1 spiro atoms. The van der Waals surface area contributed by atoms with E-state index < -0.39 is 0 Å². The van der Waals surface area contributed by atoms with Crippen LogP contribution in [0.2, 0.25) is 0 Å². The lowest BCUT2D eigenvalue weighted by molar-refractivity contribution is -0.0354. The standard InChI is InChI=1S/C22H21N3O2/c26-21(24-18-7-3-5-15-9-12-23-14-17(15)18)25-19-13-22(10-4-11-22)27-20-8-2-1-6-16(19)20/h1-3,5-9,12,14,19H,4,10-11,13H2,(H2,24,25,26). The SMILES string of the molecule is O=C(Nc1cccc2ccncc12)NC1CC2(CCC2)Oc2ccccc21. The number of benzene rings is 2. The molecule has 1 fully saturated rings. The topological polar surface area (TPSA) is 63.2 Å². The van der Waals surface area contributed by atoms with Crippen molar-refractivity contribution in [2.24, 2.45) is 0 Å². The summed E-state index contributed by atoms with van der Waals surface area (Å²) in [6.45, 7) is 0. The lowest BCUT2D eigenvalue weighted by atomic mass is 9.73. The van der Waals surface area contributed by atoms with Gasteiger partial charge in [0, 0.05) is 29.8 Å². The number of para-hydroxylation sites is 1. The number of pyridine rings is 1. The monoisotopic (exact) mass is 359 g/mol. The van der Waals surface area contributed by atoms with E-state index in [2.05, 4.69) is 15.6 Å². The Morgan fingerprint density at radius 3 is 2.85 bits per heavy atom. The molecule has 0 radical (unpaired) electrons. The number of anilines is 1. The highest BCUT2D eigenvalue weighted by molar-refractivity contribution is 6.01. The maximum absolute atomic E-state index is 12.8. The largest absolute Gasteiger partial charge is 0.487 e. The van der Waals surface area contributed by atoms with Gasteiger partial charge in [0.15, 0.2) is 0 Å². The minimum absolute atomic E-state index is 0.0525. The number of fused-ring (bicyclic) bond motifs is 2. The summed E-state index contributed by atoms with van der Waals surface area (Å²) in [4.78, 5) is 16.9. The number of nitrogens with one attached hydrogen (secondary N) is 2. The summed E-state index contributed by atoms with van der Waals surface area (Å²) in [6.07, 6.45) is 7.63. The highest BCUT2D eigenvalue weighted by atomic mass is 16.5. The molecule has 0 bridgehead atoms. The predicted octanol–water partition coefficient (Wildman–Crippen LogP) is 4.80. The van der Waals surface area contributed by atoms with Crippen molar-refractivity contribution in [3.8, 4) is 5.75 Å². The minimum Gasteiger partial charge on any atom is -0.487 e. The molecule has 2 amide bonds. The molecule has 1 aliphatic heterocycles. The second kappa shape index (κ2) is 6.27. The van der Waals surface area contributed by atoms with Gasteiger partial charge in [-0.15, -0.1) is 0 Å². The van der Waals surface area contributed by atoms with Gasteiger partial charge in [0.1, 0.15) is 11.4 Å². The van der Waals surface area contributed by atoms with Crippen molar-refractivity contribution >= 4 is 22.5 Å². The highest BCUT2D eigenvalue weighted by Crippen LogP contribution is 2.48. The number of hydrogen-bond donors (Lipinski definition) is 2. The summed E-state index contributed by atoms with van der Waals surface area (Å²) < 4.78 is 6.26. The van der Waals surface area contributed by atoms with Crippen LogP contribution in [0, 0.1) is 0 Å². The van der Waals surface area contributed by atoms with E-state index in [0.29, 0.717) is 0 Å². The third kappa shape index (κ3) is 2.89. The molecule has 1 aliphatic carbocycles. The molecule has 5 nitrogen and oxygen atoms in total. The molecule has 1 aromatic heterocycles.